The lowest BCUT2D eigenvalue weighted by Gasteiger charge is -2.22. The van der Waals surface area contributed by atoms with Crippen LogP contribution in [0.15, 0.2) is 42.6 Å². The van der Waals surface area contributed by atoms with Gasteiger partial charge >= 0.3 is 0 Å². The molecule has 5 nitrogen and oxygen atoms in total. The topological polar surface area (TPSA) is 71.1 Å². The molecule has 2 N–H and O–H groups in total. The normalized spacial score (nSPS) is 11.0. The van der Waals surface area contributed by atoms with Crippen LogP contribution in [0.25, 0.3) is 0 Å². The van der Waals surface area contributed by atoms with E-state index < -0.39 is 28.9 Å². The van der Waals surface area contributed by atoms with Crippen molar-refractivity contribution < 1.29 is 18.4 Å². The molecular formula is C17H17F2N3O2. The zero-order chi connectivity index (χ0) is 17.7. The lowest BCUT2D eigenvalue weighted by atomic mass is 9.91. The molecule has 2 rings (SSSR count). The summed E-state index contributed by atoms with van der Waals surface area (Å²) in [5, 5.41) is 5.04. The summed E-state index contributed by atoms with van der Waals surface area (Å²) in [6, 6.07) is 8.26. The Hall–Kier alpha value is -2.83. The molecule has 126 valence electrons. The molecule has 0 aliphatic carbocycles. The van der Waals surface area contributed by atoms with Gasteiger partial charge in [-0.1, -0.05) is 6.07 Å². The van der Waals surface area contributed by atoms with Crippen LogP contribution in [-0.4, -0.2) is 16.8 Å². The molecule has 0 aliphatic rings. The molecule has 1 aromatic heterocycles. The molecule has 0 spiro atoms. The summed E-state index contributed by atoms with van der Waals surface area (Å²) in [6.45, 7) is 3.06. The standard InChI is InChI=1S/C17H17F2N3O2/c1-17(2,15(23)21-10-12-5-3-4-8-20-12)16(24)22-11-6-7-13(18)14(19)9-11/h3-9H,10H2,1-2H3,(H,21,23)(H,22,24). The second kappa shape index (κ2) is 7.16. The summed E-state index contributed by atoms with van der Waals surface area (Å²) in [4.78, 5) is 28.6. The van der Waals surface area contributed by atoms with Crippen molar-refractivity contribution in [2.75, 3.05) is 5.32 Å². The van der Waals surface area contributed by atoms with Crippen LogP contribution in [0, 0.1) is 17.0 Å². The summed E-state index contributed by atoms with van der Waals surface area (Å²) in [6.07, 6.45) is 1.60. The van der Waals surface area contributed by atoms with Gasteiger partial charge < -0.3 is 10.6 Å². The Balaban J connectivity index is 2.00. The van der Waals surface area contributed by atoms with Crippen molar-refractivity contribution in [2.24, 2.45) is 5.41 Å². The van der Waals surface area contributed by atoms with Crippen LogP contribution in [0.5, 0.6) is 0 Å². The maximum Gasteiger partial charge on any atom is 0.239 e. The number of pyridine rings is 1. The molecule has 0 aliphatic heterocycles. The summed E-state index contributed by atoms with van der Waals surface area (Å²) >= 11 is 0. The van der Waals surface area contributed by atoms with Gasteiger partial charge in [0.25, 0.3) is 0 Å². The van der Waals surface area contributed by atoms with Crippen LogP contribution in [0.3, 0.4) is 0 Å². The molecule has 2 amide bonds. The van der Waals surface area contributed by atoms with E-state index in [4.69, 9.17) is 0 Å². The fourth-order valence-corrected chi connectivity index (χ4v) is 1.86. The number of rotatable bonds is 5. The quantitative estimate of drug-likeness (QED) is 0.827. The van der Waals surface area contributed by atoms with E-state index in [0.29, 0.717) is 5.69 Å². The number of carbonyl (C=O) groups excluding carboxylic acids is 2. The highest BCUT2D eigenvalue weighted by atomic mass is 19.2. The van der Waals surface area contributed by atoms with Gasteiger partial charge in [-0.05, 0) is 38.1 Å². The summed E-state index contributed by atoms with van der Waals surface area (Å²) < 4.78 is 26.1. The van der Waals surface area contributed by atoms with E-state index in [9.17, 15) is 18.4 Å². The second-order valence-corrected chi connectivity index (χ2v) is 5.71. The molecule has 0 radical (unpaired) electrons. The molecular weight excluding hydrogens is 316 g/mol. The number of halogens is 2. The molecule has 2 aromatic rings. The van der Waals surface area contributed by atoms with Crippen molar-refractivity contribution in [3.05, 3.63) is 59.9 Å². The zero-order valence-electron chi connectivity index (χ0n) is 13.3. The predicted octanol–water partition coefficient (Wildman–Crippen LogP) is 2.64. The molecule has 0 atom stereocenters. The number of nitrogens with zero attached hydrogens (tertiary/aromatic N) is 1. The van der Waals surface area contributed by atoms with Gasteiger partial charge in [-0.3, -0.25) is 14.6 Å². The third-order valence-electron chi connectivity index (χ3n) is 3.47. The minimum absolute atomic E-state index is 0.0736. The first-order valence-corrected chi connectivity index (χ1v) is 7.25. The first-order valence-electron chi connectivity index (χ1n) is 7.25. The summed E-state index contributed by atoms with van der Waals surface area (Å²) in [7, 11) is 0. The average molecular weight is 333 g/mol. The highest BCUT2D eigenvalue weighted by Crippen LogP contribution is 2.20. The number of hydrogen-bond donors (Lipinski definition) is 2. The number of carbonyl (C=O) groups is 2. The Morgan fingerprint density at radius 2 is 1.83 bits per heavy atom. The maximum absolute atomic E-state index is 13.2. The Labute approximate surface area is 138 Å². The van der Waals surface area contributed by atoms with Gasteiger partial charge in [0.1, 0.15) is 5.41 Å². The lowest BCUT2D eigenvalue weighted by Crippen LogP contribution is -2.45. The smallest absolute Gasteiger partial charge is 0.239 e. The number of benzene rings is 1. The molecule has 0 bridgehead atoms. The number of amides is 2. The second-order valence-electron chi connectivity index (χ2n) is 5.71. The molecule has 24 heavy (non-hydrogen) atoms. The third kappa shape index (κ3) is 4.13. The Kier molecular flexibility index (Phi) is 5.23. The minimum Gasteiger partial charge on any atom is -0.350 e. The van der Waals surface area contributed by atoms with Gasteiger partial charge in [-0.2, -0.15) is 0 Å². The molecule has 0 fully saturated rings. The highest BCUT2D eigenvalue weighted by Gasteiger charge is 2.36. The van der Waals surface area contributed by atoms with Crippen molar-refractivity contribution in [1.82, 2.24) is 10.3 Å². The van der Waals surface area contributed by atoms with E-state index in [1.165, 1.54) is 19.9 Å². The van der Waals surface area contributed by atoms with Crippen LogP contribution >= 0.6 is 0 Å². The van der Waals surface area contributed by atoms with Crippen LogP contribution in [0.2, 0.25) is 0 Å². The largest absolute Gasteiger partial charge is 0.350 e. The van der Waals surface area contributed by atoms with Crippen LogP contribution < -0.4 is 10.6 Å². The maximum atomic E-state index is 13.2. The number of aromatic nitrogens is 1. The van der Waals surface area contributed by atoms with Gasteiger partial charge in [-0.15, -0.1) is 0 Å². The molecule has 1 aromatic carbocycles. The van der Waals surface area contributed by atoms with Crippen LogP contribution in [0.1, 0.15) is 19.5 Å². The molecule has 0 unspecified atom stereocenters. The van der Waals surface area contributed by atoms with E-state index in [1.807, 2.05) is 0 Å². The van der Waals surface area contributed by atoms with Gasteiger partial charge in [0, 0.05) is 18.0 Å². The third-order valence-corrected chi connectivity index (χ3v) is 3.47. The summed E-state index contributed by atoms with van der Waals surface area (Å²) in [5.74, 6) is -3.23. The predicted molar refractivity (Wildman–Crippen MR) is 84.9 cm³/mol. The fraction of sp³-hybridized carbons (Fsp3) is 0.235. The SMILES string of the molecule is CC(C)(C(=O)NCc1ccccn1)C(=O)Nc1ccc(F)c(F)c1. The minimum atomic E-state index is -1.40. The first-order chi connectivity index (χ1) is 11.3. The van der Waals surface area contributed by atoms with Crippen molar-refractivity contribution >= 4 is 17.5 Å². The van der Waals surface area contributed by atoms with Crippen molar-refractivity contribution in [1.29, 1.82) is 0 Å². The van der Waals surface area contributed by atoms with Gasteiger partial charge in [0.2, 0.25) is 11.8 Å². The molecule has 0 saturated carbocycles. The highest BCUT2D eigenvalue weighted by molar-refractivity contribution is 6.09. The average Bonchev–Trinajstić information content (AvgIpc) is 2.56. The van der Waals surface area contributed by atoms with Crippen molar-refractivity contribution in [3.8, 4) is 0 Å². The lowest BCUT2D eigenvalue weighted by molar-refractivity contribution is -0.138. The monoisotopic (exact) mass is 333 g/mol. The van der Waals surface area contributed by atoms with E-state index in [0.717, 1.165) is 12.1 Å². The van der Waals surface area contributed by atoms with Gasteiger partial charge in [0.15, 0.2) is 11.6 Å². The summed E-state index contributed by atoms with van der Waals surface area (Å²) in [5.41, 5.74) is -0.674. The molecule has 0 saturated heterocycles. The number of nitrogens with one attached hydrogen (secondary N) is 2. The Morgan fingerprint density at radius 3 is 2.46 bits per heavy atom. The van der Waals surface area contributed by atoms with Gasteiger partial charge in [0.05, 0.1) is 12.2 Å². The Morgan fingerprint density at radius 1 is 1.08 bits per heavy atom. The van der Waals surface area contributed by atoms with Crippen molar-refractivity contribution in [2.45, 2.75) is 20.4 Å². The van der Waals surface area contributed by atoms with Gasteiger partial charge in [-0.25, -0.2) is 8.78 Å². The number of anilines is 1. The molecule has 7 heteroatoms. The van der Waals surface area contributed by atoms with E-state index >= 15 is 0 Å². The fourth-order valence-electron chi connectivity index (χ4n) is 1.86. The molecule has 1 heterocycles. The first kappa shape index (κ1) is 17.5. The zero-order valence-corrected chi connectivity index (χ0v) is 13.3. The van der Waals surface area contributed by atoms with E-state index in [1.54, 1.807) is 24.4 Å². The Bertz CT molecular complexity index is 749. The van der Waals surface area contributed by atoms with E-state index in [2.05, 4.69) is 15.6 Å². The van der Waals surface area contributed by atoms with Crippen molar-refractivity contribution in [3.63, 3.8) is 0 Å². The van der Waals surface area contributed by atoms with Crippen LogP contribution in [0.4, 0.5) is 14.5 Å². The number of hydrogen-bond acceptors (Lipinski definition) is 3. The van der Waals surface area contributed by atoms with E-state index in [-0.39, 0.29) is 12.2 Å². The van der Waals surface area contributed by atoms with Crippen LogP contribution in [-0.2, 0) is 16.1 Å².